The van der Waals surface area contributed by atoms with Crippen LogP contribution in [-0.2, 0) is 6.54 Å². The Bertz CT molecular complexity index is 1130. The van der Waals surface area contributed by atoms with E-state index in [2.05, 4.69) is 26.2 Å². The number of nitrogens with zero attached hydrogens (tertiary/aromatic N) is 2. The lowest BCUT2D eigenvalue weighted by atomic mass is 10.2. The molecule has 148 valence electrons. The zero-order valence-electron chi connectivity index (χ0n) is 14.3. The van der Waals surface area contributed by atoms with Crippen molar-refractivity contribution in [3.05, 3.63) is 74.3 Å². The minimum Gasteiger partial charge on any atom is -0.332 e. The smallest absolute Gasteiger partial charge is 0.326 e. The lowest BCUT2D eigenvalue weighted by molar-refractivity contribution is 0.246. The number of urea groups is 1. The number of hydrogen-bond donors (Lipinski definition) is 1. The van der Waals surface area contributed by atoms with E-state index in [1.807, 2.05) is 0 Å². The Labute approximate surface area is 187 Å². The van der Waals surface area contributed by atoms with Gasteiger partial charge in [-0.2, -0.15) is 0 Å². The number of benzene rings is 2. The molecule has 29 heavy (non-hydrogen) atoms. The molecule has 2 aromatic carbocycles. The number of pyridine rings is 1. The Morgan fingerprint density at radius 1 is 1.14 bits per heavy atom. The van der Waals surface area contributed by atoms with Crippen molar-refractivity contribution < 1.29 is 13.6 Å². The molecule has 2 heterocycles. The molecular formula is C19H10BrCl2F2N3OS. The maximum absolute atomic E-state index is 14.0. The molecule has 0 fully saturated rings. The predicted octanol–water partition coefficient (Wildman–Crippen LogP) is 6.94. The Hall–Kier alpha value is -1.87. The summed E-state index contributed by atoms with van der Waals surface area (Å²) in [6, 6.07) is 9.59. The van der Waals surface area contributed by atoms with Crippen molar-refractivity contribution in [2.45, 2.75) is 16.5 Å². The van der Waals surface area contributed by atoms with Crippen LogP contribution < -0.4 is 10.2 Å². The molecule has 0 saturated carbocycles. The maximum atomic E-state index is 14.0. The molecule has 0 aliphatic carbocycles. The van der Waals surface area contributed by atoms with E-state index in [1.54, 1.807) is 24.3 Å². The molecule has 0 unspecified atom stereocenters. The van der Waals surface area contributed by atoms with Crippen LogP contribution in [0.5, 0.6) is 0 Å². The summed E-state index contributed by atoms with van der Waals surface area (Å²) in [5.74, 6) is -1.33. The van der Waals surface area contributed by atoms with E-state index >= 15 is 0 Å². The summed E-state index contributed by atoms with van der Waals surface area (Å²) in [5.41, 5.74) is 1.39. The zero-order valence-corrected chi connectivity index (χ0v) is 18.3. The van der Waals surface area contributed by atoms with Crippen molar-refractivity contribution in [1.82, 2.24) is 10.3 Å². The number of fused-ring (bicyclic) bond motifs is 1. The lowest BCUT2D eigenvalue weighted by Crippen LogP contribution is -2.42. The van der Waals surface area contributed by atoms with E-state index in [0.29, 0.717) is 36.6 Å². The minimum absolute atomic E-state index is 0.180. The van der Waals surface area contributed by atoms with Gasteiger partial charge in [0.25, 0.3) is 0 Å². The van der Waals surface area contributed by atoms with E-state index in [0.717, 1.165) is 17.8 Å². The van der Waals surface area contributed by atoms with E-state index in [9.17, 15) is 13.6 Å². The highest BCUT2D eigenvalue weighted by molar-refractivity contribution is 9.10. The first kappa shape index (κ1) is 20.4. The van der Waals surface area contributed by atoms with Crippen LogP contribution in [0.15, 0.2) is 56.9 Å². The van der Waals surface area contributed by atoms with Crippen LogP contribution in [0.3, 0.4) is 0 Å². The summed E-state index contributed by atoms with van der Waals surface area (Å²) in [6.07, 6.45) is 0. The quantitative estimate of drug-likeness (QED) is 0.410. The van der Waals surface area contributed by atoms with Gasteiger partial charge in [0.1, 0.15) is 16.7 Å². The highest BCUT2D eigenvalue weighted by Crippen LogP contribution is 2.43. The molecule has 0 bridgehead atoms. The predicted molar refractivity (Wildman–Crippen MR) is 113 cm³/mol. The van der Waals surface area contributed by atoms with Crippen molar-refractivity contribution >= 4 is 68.3 Å². The average molecular weight is 517 g/mol. The monoisotopic (exact) mass is 515 g/mol. The maximum Gasteiger partial charge on any atom is 0.326 e. The second-order valence-corrected chi connectivity index (χ2v) is 8.68. The number of anilines is 2. The largest absolute Gasteiger partial charge is 0.332 e. The van der Waals surface area contributed by atoms with Crippen LogP contribution in [0.4, 0.5) is 25.0 Å². The van der Waals surface area contributed by atoms with Gasteiger partial charge in [-0.3, -0.25) is 4.90 Å². The van der Waals surface area contributed by atoms with Gasteiger partial charge in [0.05, 0.1) is 38.1 Å². The molecule has 1 aliphatic heterocycles. The van der Waals surface area contributed by atoms with Gasteiger partial charge >= 0.3 is 6.03 Å². The van der Waals surface area contributed by atoms with Gasteiger partial charge in [-0.1, -0.05) is 41.0 Å². The summed E-state index contributed by atoms with van der Waals surface area (Å²) in [7, 11) is 0. The van der Waals surface area contributed by atoms with Gasteiger partial charge in [0.15, 0.2) is 0 Å². The molecule has 0 saturated heterocycles. The Morgan fingerprint density at radius 2 is 1.86 bits per heavy atom. The van der Waals surface area contributed by atoms with Crippen molar-refractivity contribution in [3.63, 3.8) is 0 Å². The third-order valence-electron chi connectivity index (χ3n) is 4.11. The number of para-hydroxylation sites is 1. The molecule has 1 aliphatic rings. The summed E-state index contributed by atoms with van der Waals surface area (Å²) < 4.78 is 27.7. The Kier molecular flexibility index (Phi) is 5.70. The number of carbonyl (C=O) groups is 1. The highest BCUT2D eigenvalue weighted by Gasteiger charge is 2.30. The molecule has 3 aromatic rings. The number of amides is 2. The lowest BCUT2D eigenvalue weighted by Gasteiger charge is -2.31. The number of nitrogens with one attached hydrogen (secondary N) is 1. The molecule has 0 atom stereocenters. The van der Waals surface area contributed by atoms with Crippen LogP contribution in [0, 0.1) is 11.6 Å². The van der Waals surface area contributed by atoms with Gasteiger partial charge in [-0.25, -0.2) is 18.6 Å². The van der Waals surface area contributed by atoms with Crippen LogP contribution in [0.2, 0.25) is 10.0 Å². The second-order valence-electron chi connectivity index (χ2n) is 5.98. The molecular weight excluding hydrogens is 507 g/mol. The topological polar surface area (TPSA) is 45.2 Å². The highest BCUT2D eigenvalue weighted by atomic mass is 79.9. The SMILES string of the molecule is O=C1NCc2nc(Sc3ccc(F)cc3F)c(Br)cc2N1c1c(Cl)cccc1Cl. The summed E-state index contributed by atoms with van der Waals surface area (Å²) in [6.45, 7) is 0.180. The van der Waals surface area contributed by atoms with Crippen LogP contribution in [-0.4, -0.2) is 11.0 Å². The Morgan fingerprint density at radius 3 is 2.55 bits per heavy atom. The molecule has 4 nitrogen and oxygen atoms in total. The molecule has 10 heteroatoms. The molecule has 0 spiro atoms. The van der Waals surface area contributed by atoms with Crippen molar-refractivity contribution in [2.75, 3.05) is 4.90 Å². The van der Waals surface area contributed by atoms with E-state index in [1.165, 1.54) is 17.0 Å². The number of aromatic nitrogens is 1. The zero-order chi connectivity index (χ0) is 20.7. The first-order valence-corrected chi connectivity index (χ1v) is 10.6. The van der Waals surface area contributed by atoms with E-state index in [4.69, 9.17) is 23.2 Å². The number of halogens is 5. The third kappa shape index (κ3) is 3.94. The van der Waals surface area contributed by atoms with Gasteiger partial charge in [0.2, 0.25) is 0 Å². The van der Waals surface area contributed by atoms with E-state index in [-0.39, 0.29) is 11.4 Å². The summed E-state index contributed by atoms with van der Waals surface area (Å²) >= 11 is 17.0. The Balaban J connectivity index is 1.78. The fourth-order valence-corrected chi connectivity index (χ4v) is 4.76. The first-order valence-electron chi connectivity index (χ1n) is 8.19. The molecule has 1 aromatic heterocycles. The van der Waals surface area contributed by atoms with Crippen LogP contribution in [0.1, 0.15) is 5.69 Å². The fourth-order valence-electron chi connectivity index (χ4n) is 2.83. The van der Waals surface area contributed by atoms with Crippen LogP contribution >= 0.6 is 50.9 Å². The van der Waals surface area contributed by atoms with Crippen molar-refractivity contribution in [1.29, 1.82) is 0 Å². The molecule has 2 amide bonds. The summed E-state index contributed by atoms with van der Waals surface area (Å²) in [5, 5.41) is 3.82. The summed E-state index contributed by atoms with van der Waals surface area (Å²) in [4.78, 5) is 18.7. The number of rotatable bonds is 3. The standard InChI is InChI=1S/C19H10BrCl2F2N3OS/c20-10-7-15-14(26-18(10)29-16-5-4-9(23)6-13(16)24)8-25-19(28)27(15)17-11(21)2-1-3-12(17)22/h1-7H,8H2,(H,25,28). The van der Waals surface area contributed by atoms with Crippen molar-refractivity contribution in [3.8, 4) is 0 Å². The minimum atomic E-state index is -0.681. The number of hydrogen-bond acceptors (Lipinski definition) is 3. The van der Waals surface area contributed by atoms with Crippen molar-refractivity contribution in [2.24, 2.45) is 0 Å². The van der Waals surface area contributed by atoms with Crippen LogP contribution in [0.25, 0.3) is 0 Å². The van der Waals surface area contributed by atoms with E-state index < -0.39 is 17.7 Å². The number of carbonyl (C=O) groups excluding carboxylic acids is 1. The average Bonchev–Trinajstić information content (AvgIpc) is 2.66. The van der Waals surface area contributed by atoms with Gasteiger partial charge < -0.3 is 5.32 Å². The molecule has 0 radical (unpaired) electrons. The molecule has 4 rings (SSSR count). The fraction of sp³-hybridized carbons (Fsp3) is 0.0526. The van der Waals surface area contributed by atoms with Gasteiger partial charge in [0, 0.05) is 11.0 Å². The van der Waals surface area contributed by atoms with Gasteiger partial charge in [-0.05, 0) is 46.3 Å². The normalized spacial score (nSPS) is 13.3. The second kappa shape index (κ2) is 8.10. The first-order chi connectivity index (χ1) is 13.8. The van der Waals surface area contributed by atoms with Gasteiger partial charge in [-0.15, -0.1) is 0 Å². The molecule has 1 N–H and O–H groups in total. The third-order valence-corrected chi connectivity index (χ3v) is 6.65.